The van der Waals surface area contributed by atoms with E-state index in [1.807, 2.05) is 36.6 Å². The van der Waals surface area contributed by atoms with Gasteiger partial charge >= 0.3 is 0 Å². The Hall–Kier alpha value is -3.02. The normalized spacial score (nSPS) is 13.9. The molecule has 0 radical (unpaired) electrons. The number of aromatic nitrogens is 1. The van der Waals surface area contributed by atoms with Crippen molar-refractivity contribution in [3.8, 4) is 11.5 Å². The Morgan fingerprint density at radius 1 is 1.14 bits per heavy atom. The summed E-state index contributed by atoms with van der Waals surface area (Å²) in [5, 5.41) is 0. The van der Waals surface area contributed by atoms with Crippen LogP contribution >= 0.6 is 0 Å². The number of ether oxygens (including phenoxy) is 2. The molecule has 0 N–H and O–H groups in total. The molecule has 1 aliphatic carbocycles. The van der Waals surface area contributed by atoms with E-state index >= 15 is 0 Å². The number of aryl methyl sites for hydroxylation is 2. The zero-order valence-corrected chi connectivity index (χ0v) is 17.7. The smallest absolute Gasteiger partial charge is 0.255 e. The van der Waals surface area contributed by atoms with Gasteiger partial charge in [-0.3, -0.25) is 9.59 Å². The second kappa shape index (κ2) is 8.55. The van der Waals surface area contributed by atoms with Crippen LogP contribution in [0.2, 0.25) is 0 Å². The highest BCUT2D eigenvalue weighted by atomic mass is 16.5. The lowest BCUT2D eigenvalue weighted by atomic mass is 10.0. The fraction of sp³-hybridized carbons (Fsp3) is 0.391. The van der Waals surface area contributed by atoms with Gasteiger partial charge in [-0.25, -0.2) is 0 Å². The summed E-state index contributed by atoms with van der Waals surface area (Å²) in [6.07, 6.45) is 4.16. The molecule has 3 rings (SSSR count). The van der Waals surface area contributed by atoms with Gasteiger partial charge in [-0.15, -0.1) is 0 Å². The summed E-state index contributed by atoms with van der Waals surface area (Å²) in [4.78, 5) is 26.3. The zero-order valence-electron chi connectivity index (χ0n) is 17.7. The number of hydrogen-bond donors (Lipinski definition) is 0. The van der Waals surface area contributed by atoms with Gasteiger partial charge in [0, 0.05) is 43.8 Å². The van der Waals surface area contributed by atoms with Gasteiger partial charge in [0.15, 0.2) is 16.9 Å². The molecule has 0 aliphatic heterocycles. The number of rotatable bonds is 7. The molecule has 0 spiro atoms. The Kier molecular flexibility index (Phi) is 6.11. The second-order valence-electron chi connectivity index (χ2n) is 7.71. The van der Waals surface area contributed by atoms with Crippen LogP contribution in [0.25, 0.3) is 11.8 Å². The number of amides is 1. The summed E-state index contributed by atoms with van der Waals surface area (Å²) in [5.41, 5.74) is 2.71. The highest BCUT2D eigenvalue weighted by Gasteiger charge is 2.23. The molecule has 1 fully saturated rings. The van der Waals surface area contributed by atoms with Crippen LogP contribution in [0, 0.1) is 19.8 Å². The van der Waals surface area contributed by atoms with Crippen LogP contribution in [0.4, 0.5) is 0 Å². The van der Waals surface area contributed by atoms with E-state index in [1.165, 1.54) is 17.7 Å². The number of carbonyl (C=O) groups excluding carboxylic acids is 1. The molecule has 0 unspecified atom stereocenters. The van der Waals surface area contributed by atoms with Gasteiger partial charge in [-0.2, -0.15) is 0 Å². The summed E-state index contributed by atoms with van der Waals surface area (Å²) in [6, 6.07) is 8.63. The molecule has 1 saturated carbocycles. The monoisotopic (exact) mass is 396 g/mol. The Bertz CT molecular complexity index is 974. The minimum absolute atomic E-state index is 0.0506. The van der Waals surface area contributed by atoms with Crippen molar-refractivity contribution in [2.75, 3.05) is 27.8 Å². The summed E-state index contributed by atoms with van der Waals surface area (Å²) < 4.78 is 13.3. The van der Waals surface area contributed by atoms with E-state index in [-0.39, 0.29) is 11.3 Å². The van der Waals surface area contributed by atoms with Crippen molar-refractivity contribution in [3.05, 3.63) is 57.5 Å². The van der Waals surface area contributed by atoms with Crippen LogP contribution in [0.1, 0.15) is 29.8 Å². The van der Waals surface area contributed by atoms with Crippen LogP contribution in [0.5, 0.6) is 11.5 Å². The molecule has 0 atom stereocenters. The number of nitrogens with zero attached hydrogens (tertiary/aromatic N) is 2. The first-order chi connectivity index (χ1) is 13.8. The van der Waals surface area contributed by atoms with Gasteiger partial charge in [0.2, 0.25) is 0 Å². The Morgan fingerprint density at radius 2 is 1.79 bits per heavy atom. The van der Waals surface area contributed by atoms with Crippen molar-refractivity contribution in [2.24, 2.45) is 5.92 Å². The lowest BCUT2D eigenvalue weighted by Crippen LogP contribution is -2.23. The molecule has 0 bridgehead atoms. The summed E-state index contributed by atoms with van der Waals surface area (Å²) in [6.45, 7) is 4.35. The van der Waals surface area contributed by atoms with Gasteiger partial charge in [-0.05, 0) is 50.3 Å². The van der Waals surface area contributed by atoms with Crippen molar-refractivity contribution in [1.82, 2.24) is 9.47 Å². The molecular weight excluding hydrogens is 368 g/mol. The zero-order chi connectivity index (χ0) is 21.1. The third-order valence-electron chi connectivity index (χ3n) is 5.00. The number of methoxy groups -OCH3 is 1. The molecule has 1 amide bonds. The first kappa shape index (κ1) is 20.7. The van der Waals surface area contributed by atoms with E-state index < -0.39 is 0 Å². The molecule has 29 heavy (non-hydrogen) atoms. The van der Waals surface area contributed by atoms with E-state index in [4.69, 9.17) is 9.47 Å². The van der Waals surface area contributed by atoms with Crippen molar-refractivity contribution in [2.45, 2.75) is 26.7 Å². The highest BCUT2D eigenvalue weighted by molar-refractivity contribution is 6.22. The molecule has 6 nitrogen and oxygen atoms in total. The molecular formula is C23H28N2O4. The van der Waals surface area contributed by atoms with Crippen molar-refractivity contribution >= 4 is 17.7 Å². The van der Waals surface area contributed by atoms with Crippen molar-refractivity contribution in [3.63, 3.8) is 0 Å². The summed E-state index contributed by atoms with van der Waals surface area (Å²) in [7, 11) is 5.04. The van der Waals surface area contributed by atoms with E-state index in [9.17, 15) is 9.59 Å². The summed E-state index contributed by atoms with van der Waals surface area (Å²) >= 11 is 0. The molecule has 1 aromatic carbocycles. The maximum absolute atomic E-state index is 13.0. The van der Waals surface area contributed by atoms with E-state index in [0.29, 0.717) is 29.6 Å². The molecule has 1 aromatic heterocycles. The Balaban J connectivity index is 2.09. The standard InChI is InChI=1S/C23H28N2O4/c1-15-10-19(26)11-16(2)25(15)13-20(23(27)24(3)4)18-8-9-21(28-5)22(12-18)29-14-17-6-7-17/h8-13,17H,6-7,14H2,1-5H3/b20-13-. The molecule has 2 aromatic rings. The van der Waals surface area contributed by atoms with Gasteiger partial charge in [0.05, 0.1) is 19.3 Å². The fourth-order valence-corrected chi connectivity index (χ4v) is 3.15. The highest BCUT2D eigenvalue weighted by Crippen LogP contribution is 2.35. The molecule has 6 heteroatoms. The van der Waals surface area contributed by atoms with E-state index in [1.54, 1.807) is 39.5 Å². The third-order valence-corrected chi connectivity index (χ3v) is 5.00. The third kappa shape index (κ3) is 4.88. The van der Waals surface area contributed by atoms with E-state index in [0.717, 1.165) is 17.0 Å². The van der Waals surface area contributed by atoms with Crippen LogP contribution in [0.15, 0.2) is 35.1 Å². The number of benzene rings is 1. The lowest BCUT2D eigenvalue weighted by Gasteiger charge is -2.18. The second-order valence-corrected chi connectivity index (χ2v) is 7.71. The van der Waals surface area contributed by atoms with E-state index in [2.05, 4.69) is 0 Å². The molecule has 0 saturated heterocycles. The minimum atomic E-state index is -0.138. The molecule has 154 valence electrons. The quantitative estimate of drug-likeness (QED) is 0.674. The first-order valence-corrected chi connectivity index (χ1v) is 9.74. The predicted octanol–water partition coefficient (Wildman–Crippen LogP) is 3.35. The van der Waals surface area contributed by atoms with Gasteiger partial charge < -0.3 is 18.9 Å². The van der Waals surface area contributed by atoms with Crippen LogP contribution in [-0.4, -0.2) is 43.2 Å². The van der Waals surface area contributed by atoms with Crippen LogP contribution < -0.4 is 14.9 Å². The van der Waals surface area contributed by atoms with Gasteiger partial charge in [0.25, 0.3) is 5.91 Å². The predicted molar refractivity (Wildman–Crippen MR) is 114 cm³/mol. The first-order valence-electron chi connectivity index (χ1n) is 9.74. The van der Waals surface area contributed by atoms with Crippen molar-refractivity contribution in [1.29, 1.82) is 0 Å². The average molecular weight is 396 g/mol. The minimum Gasteiger partial charge on any atom is -0.493 e. The number of likely N-dealkylation sites (N-methyl/N-ethyl adjacent to an activating group) is 1. The SMILES string of the molecule is COc1ccc(/C(=C/n2c(C)cc(=O)cc2C)C(=O)N(C)C)cc1OCC1CC1. The maximum atomic E-state index is 13.0. The lowest BCUT2D eigenvalue weighted by molar-refractivity contribution is -0.122. The Morgan fingerprint density at radius 3 is 2.34 bits per heavy atom. The van der Waals surface area contributed by atoms with Gasteiger partial charge in [-0.1, -0.05) is 6.07 Å². The largest absolute Gasteiger partial charge is 0.493 e. The number of pyridine rings is 1. The molecule has 1 aliphatic rings. The topological polar surface area (TPSA) is 60.8 Å². The fourth-order valence-electron chi connectivity index (χ4n) is 3.15. The summed E-state index contributed by atoms with van der Waals surface area (Å²) in [5.74, 6) is 1.73. The number of hydrogen-bond acceptors (Lipinski definition) is 4. The number of carbonyl (C=O) groups is 1. The van der Waals surface area contributed by atoms with Crippen LogP contribution in [0.3, 0.4) is 0 Å². The van der Waals surface area contributed by atoms with Gasteiger partial charge in [0.1, 0.15) is 0 Å². The van der Waals surface area contributed by atoms with Crippen molar-refractivity contribution < 1.29 is 14.3 Å². The Labute approximate surface area is 171 Å². The average Bonchev–Trinajstić information content (AvgIpc) is 3.49. The molecule has 1 heterocycles. The van der Waals surface area contributed by atoms with Crippen LogP contribution in [-0.2, 0) is 4.79 Å². The maximum Gasteiger partial charge on any atom is 0.255 e.